The minimum absolute atomic E-state index is 0.206. The number of hydrogen-bond donors (Lipinski definition) is 1. The molecule has 2 heterocycles. The minimum atomic E-state index is -0.692. The van der Waals surface area contributed by atoms with E-state index >= 15 is 0 Å². The second-order valence-corrected chi connectivity index (χ2v) is 7.43. The van der Waals surface area contributed by atoms with E-state index in [1.54, 1.807) is 11.3 Å². The Morgan fingerprint density at radius 3 is 2.65 bits per heavy atom. The Balaban J connectivity index is 1.72. The molecular weight excluding hydrogens is 332 g/mol. The van der Waals surface area contributed by atoms with Gasteiger partial charge in [0, 0.05) is 16.0 Å². The van der Waals surface area contributed by atoms with Crippen LogP contribution in [-0.4, -0.2) is 21.0 Å². The highest BCUT2D eigenvalue weighted by molar-refractivity contribution is 7.25. The number of thiophene rings is 1. The van der Waals surface area contributed by atoms with Crippen molar-refractivity contribution in [3.8, 4) is 0 Å². The third-order valence-corrected chi connectivity index (χ3v) is 5.99. The Hall–Kier alpha value is -1.72. The van der Waals surface area contributed by atoms with E-state index in [2.05, 4.69) is 11.1 Å². The maximum absolute atomic E-state index is 11.1. The summed E-state index contributed by atoms with van der Waals surface area (Å²) < 4.78 is 1.16. The molecule has 2 aromatic heterocycles. The second kappa shape index (κ2) is 5.73. The molecule has 6 heteroatoms. The number of carbonyl (C=O) groups is 1. The van der Waals surface area contributed by atoms with Gasteiger partial charge in [-0.1, -0.05) is 29.8 Å². The first-order valence-electron chi connectivity index (χ1n) is 7.71. The highest BCUT2D eigenvalue weighted by Gasteiger charge is 2.29. The fourth-order valence-electron chi connectivity index (χ4n) is 3.38. The molecule has 0 aliphatic heterocycles. The number of halogens is 1. The molecule has 0 atom stereocenters. The number of carboxylic acid groups (broad SMARTS) is 1. The van der Waals surface area contributed by atoms with E-state index in [1.165, 1.54) is 0 Å². The standard InChI is InChI=1S/C17H15ClN2O2S/c18-14-13-11-3-1-2-4-12(11)23-16(13)20-15(19-14)9-5-7-10(8-6-9)17(21)22/h1-4,9-10H,5-8H2,(H,21,22). The average Bonchev–Trinajstić information content (AvgIpc) is 2.93. The molecule has 1 saturated carbocycles. The number of carboxylic acids is 1. The normalized spacial score (nSPS) is 21.8. The number of aromatic nitrogens is 2. The number of benzene rings is 1. The molecule has 0 saturated heterocycles. The van der Waals surface area contributed by atoms with Gasteiger partial charge in [0.25, 0.3) is 0 Å². The van der Waals surface area contributed by atoms with Crippen LogP contribution in [0.1, 0.15) is 37.4 Å². The van der Waals surface area contributed by atoms with Crippen molar-refractivity contribution in [2.45, 2.75) is 31.6 Å². The zero-order valence-corrected chi connectivity index (χ0v) is 13.9. The first-order valence-corrected chi connectivity index (χ1v) is 8.90. The van der Waals surface area contributed by atoms with Crippen molar-refractivity contribution in [1.29, 1.82) is 0 Å². The number of aliphatic carboxylic acids is 1. The van der Waals surface area contributed by atoms with Gasteiger partial charge in [-0.3, -0.25) is 4.79 Å². The molecular formula is C17H15ClN2O2S. The molecule has 0 radical (unpaired) electrons. The van der Waals surface area contributed by atoms with Gasteiger partial charge in [-0.25, -0.2) is 9.97 Å². The van der Waals surface area contributed by atoms with E-state index in [0.717, 1.165) is 39.0 Å². The Kier molecular flexibility index (Phi) is 3.70. The summed E-state index contributed by atoms with van der Waals surface area (Å²) in [7, 11) is 0. The summed E-state index contributed by atoms with van der Waals surface area (Å²) in [5.41, 5.74) is 0. The van der Waals surface area contributed by atoms with E-state index < -0.39 is 5.97 Å². The van der Waals surface area contributed by atoms with E-state index in [1.807, 2.05) is 18.2 Å². The van der Waals surface area contributed by atoms with Gasteiger partial charge in [0.05, 0.1) is 11.3 Å². The van der Waals surface area contributed by atoms with Gasteiger partial charge in [0.15, 0.2) is 0 Å². The first-order chi connectivity index (χ1) is 11.1. The van der Waals surface area contributed by atoms with Crippen LogP contribution in [0, 0.1) is 5.92 Å². The third kappa shape index (κ3) is 2.58. The van der Waals surface area contributed by atoms with Crippen LogP contribution in [0.25, 0.3) is 20.3 Å². The number of nitrogens with zero attached hydrogens (tertiary/aromatic N) is 2. The van der Waals surface area contributed by atoms with Crippen LogP contribution in [-0.2, 0) is 4.79 Å². The monoisotopic (exact) mass is 346 g/mol. The van der Waals surface area contributed by atoms with Gasteiger partial charge in [-0.15, -0.1) is 11.3 Å². The van der Waals surface area contributed by atoms with Crippen molar-refractivity contribution in [3.05, 3.63) is 35.2 Å². The van der Waals surface area contributed by atoms with Crippen molar-refractivity contribution in [3.63, 3.8) is 0 Å². The molecule has 0 spiro atoms. The zero-order valence-electron chi connectivity index (χ0n) is 12.3. The zero-order chi connectivity index (χ0) is 16.0. The summed E-state index contributed by atoms with van der Waals surface area (Å²) in [4.78, 5) is 21.3. The van der Waals surface area contributed by atoms with Gasteiger partial charge in [0.2, 0.25) is 0 Å². The van der Waals surface area contributed by atoms with Crippen LogP contribution in [0.2, 0.25) is 5.15 Å². The highest BCUT2D eigenvalue weighted by Crippen LogP contribution is 2.39. The van der Waals surface area contributed by atoms with E-state index in [0.29, 0.717) is 18.0 Å². The molecule has 4 rings (SSSR count). The average molecular weight is 347 g/mol. The van der Waals surface area contributed by atoms with Gasteiger partial charge in [0.1, 0.15) is 15.8 Å². The SMILES string of the molecule is O=C(O)C1CCC(c2nc(Cl)c3c(n2)sc2ccccc23)CC1. The van der Waals surface area contributed by atoms with Crippen molar-refractivity contribution in [2.24, 2.45) is 5.92 Å². The largest absolute Gasteiger partial charge is 0.481 e. The van der Waals surface area contributed by atoms with Crippen LogP contribution in [0.3, 0.4) is 0 Å². The van der Waals surface area contributed by atoms with Gasteiger partial charge in [-0.2, -0.15) is 0 Å². The van der Waals surface area contributed by atoms with Crippen molar-refractivity contribution in [1.82, 2.24) is 9.97 Å². The van der Waals surface area contributed by atoms with Crippen LogP contribution >= 0.6 is 22.9 Å². The first kappa shape index (κ1) is 14.8. The lowest BCUT2D eigenvalue weighted by atomic mass is 9.81. The second-order valence-electron chi connectivity index (χ2n) is 6.04. The molecule has 23 heavy (non-hydrogen) atoms. The lowest BCUT2D eigenvalue weighted by molar-refractivity contribution is -0.142. The van der Waals surface area contributed by atoms with Gasteiger partial charge >= 0.3 is 5.97 Å². The van der Waals surface area contributed by atoms with Crippen LogP contribution in [0.5, 0.6) is 0 Å². The summed E-state index contributed by atoms with van der Waals surface area (Å²) >= 11 is 8.07. The predicted molar refractivity (Wildman–Crippen MR) is 92.3 cm³/mol. The van der Waals surface area contributed by atoms with Gasteiger partial charge < -0.3 is 5.11 Å². The number of fused-ring (bicyclic) bond motifs is 3. The van der Waals surface area contributed by atoms with E-state index in [4.69, 9.17) is 21.7 Å². The summed E-state index contributed by atoms with van der Waals surface area (Å²) in [6, 6.07) is 8.11. The molecule has 0 unspecified atom stereocenters. The molecule has 0 bridgehead atoms. The van der Waals surface area contributed by atoms with Crippen molar-refractivity contribution < 1.29 is 9.90 Å². The van der Waals surface area contributed by atoms with Crippen LogP contribution < -0.4 is 0 Å². The lowest BCUT2D eigenvalue weighted by Crippen LogP contribution is -2.21. The molecule has 0 amide bonds. The molecule has 1 N–H and O–H groups in total. The van der Waals surface area contributed by atoms with Gasteiger partial charge in [-0.05, 0) is 31.7 Å². The van der Waals surface area contributed by atoms with Crippen molar-refractivity contribution in [2.75, 3.05) is 0 Å². The summed E-state index contributed by atoms with van der Waals surface area (Å²) in [5, 5.41) is 11.6. The van der Waals surface area contributed by atoms with E-state index in [-0.39, 0.29) is 11.8 Å². The quantitative estimate of drug-likeness (QED) is 0.673. The molecule has 3 aromatic rings. The fourth-order valence-corrected chi connectivity index (χ4v) is 4.79. The van der Waals surface area contributed by atoms with Crippen molar-refractivity contribution >= 4 is 49.2 Å². The topological polar surface area (TPSA) is 63.1 Å². The summed E-state index contributed by atoms with van der Waals surface area (Å²) in [6.45, 7) is 0. The molecule has 1 aliphatic rings. The summed E-state index contributed by atoms with van der Waals surface area (Å²) in [5.74, 6) is 0.0488. The lowest BCUT2D eigenvalue weighted by Gasteiger charge is -2.25. The Morgan fingerprint density at radius 1 is 1.17 bits per heavy atom. The molecule has 1 aromatic carbocycles. The molecule has 4 nitrogen and oxygen atoms in total. The van der Waals surface area contributed by atoms with Crippen LogP contribution in [0.4, 0.5) is 0 Å². The molecule has 118 valence electrons. The Morgan fingerprint density at radius 2 is 1.91 bits per heavy atom. The number of rotatable bonds is 2. The molecule has 1 fully saturated rings. The smallest absolute Gasteiger partial charge is 0.306 e. The maximum Gasteiger partial charge on any atom is 0.306 e. The number of hydrogen-bond acceptors (Lipinski definition) is 4. The van der Waals surface area contributed by atoms with E-state index in [9.17, 15) is 4.79 Å². The Labute approximate surface area is 142 Å². The highest BCUT2D eigenvalue weighted by atomic mass is 35.5. The Bertz CT molecular complexity index is 900. The molecule has 1 aliphatic carbocycles. The summed E-state index contributed by atoms with van der Waals surface area (Å²) in [6.07, 6.45) is 2.99. The van der Waals surface area contributed by atoms with Crippen LogP contribution in [0.15, 0.2) is 24.3 Å². The third-order valence-electron chi connectivity index (χ3n) is 4.65. The fraction of sp³-hybridized carbons (Fsp3) is 0.353. The minimum Gasteiger partial charge on any atom is -0.481 e. The maximum atomic E-state index is 11.1. The predicted octanol–water partition coefficient (Wildman–Crippen LogP) is 4.86.